The second kappa shape index (κ2) is 5.91. The summed E-state index contributed by atoms with van der Waals surface area (Å²) in [6, 6.07) is 3.33. The van der Waals surface area contributed by atoms with Gasteiger partial charge in [0.25, 0.3) is 0 Å². The van der Waals surface area contributed by atoms with E-state index in [0.717, 1.165) is 10.7 Å². The predicted molar refractivity (Wildman–Crippen MR) is 81.6 cm³/mol. The van der Waals surface area contributed by atoms with Gasteiger partial charge in [0.15, 0.2) is 11.5 Å². The number of nitrogens with zero attached hydrogens (tertiary/aromatic N) is 1. The highest BCUT2D eigenvalue weighted by atomic mass is 35.5. The molecular weight excluding hydrogens is 312 g/mol. The van der Waals surface area contributed by atoms with Gasteiger partial charge in [0.1, 0.15) is 13.2 Å². The van der Waals surface area contributed by atoms with Crippen molar-refractivity contribution in [2.24, 2.45) is 0 Å². The number of benzene rings is 1. The number of rotatable bonds is 3. The Morgan fingerprint density at radius 3 is 2.76 bits per heavy atom. The van der Waals surface area contributed by atoms with Crippen LogP contribution in [-0.2, 0) is 11.2 Å². The monoisotopic (exact) mass is 324 g/mol. The number of thiazole rings is 1. The first-order chi connectivity index (χ1) is 10.1. The molecule has 0 bridgehead atoms. The number of fused-ring (bicyclic) bond motifs is 1. The van der Waals surface area contributed by atoms with Crippen LogP contribution < -0.4 is 14.8 Å². The molecule has 1 aliphatic rings. The predicted octanol–water partition coefficient (Wildman–Crippen LogP) is 3.06. The Labute approximate surface area is 130 Å². The Hall–Kier alpha value is -1.79. The van der Waals surface area contributed by atoms with Crippen molar-refractivity contribution in [1.82, 2.24) is 4.98 Å². The molecule has 1 amide bonds. The SMILES string of the molecule is Cc1nc(CC(=O)Nc2cc3c(cc2Cl)OCCO3)cs1. The summed E-state index contributed by atoms with van der Waals surface area (Å²) in [4.78, 5) is 16.3. The lowest BCUT2D eigenvalue weighted by atomic mass is 10.2. The number of carbonyl (C=O) groups excluding carboxylic acids is 1. The molecule has 0 fully saturated rings. The first kappa shape index (κ1) is 14.2. The highest BCUT2D eigenvalue weighted by Crippen LogP contribution is 2.37. The Balaban J connectivity index is 1.73. The van der Waals surface area contributed by atoms with Crippen molar-refractivity contribution in [3.8, 4) is 11.5 Å². The summed E-state index contributed by atoms with van der Waals surface area (Å²) in [6.07, 6.45) is 0.217. The van der Waals surface area contributed by atoms with Crippen LogP contribution in [0.5, 0.6) is 11.5 Å². The molecule has 0 radical (unpaired) electrons. The smallest absolute Gasteiger partial charge is 0.230 e. The maximum absolute atomic E-state index is 12.0. The molecular formula is C14H13ClN2O3S. The summed E-state index contributed by atoms with van der Waals surface area (Å²) in [7, 11) is 0. The topological polar surface area (TPSA) is 60.5 Å². The molecule has 3 rings (SSSR count). The normalized spacial score (nSPS) is 13.0. The minimum Gasteiger partial charge on any atom is -0.486 e. The number of ether oxygens (including phenoxy) is 2. The van der Waals surface area contributed by atoms with E-state index < -0.39 is 0 Å². The number of amides is 1. The minimum absolute atomic E-state index is 0.168. The summed E-state index contributed by atoms with van der Waals surface area (Å²) >= 11 is 7.67. The van der Waals surface area contributed by atoms with E-state index in [0.29, 0.717) is 35.4 Å². The number of hydrogen-bond donors (Lipinski definition) is 1. The summed E-state index contributed by atoms with van der Waals surface area (Å²) in [5.41, 5.74) is 1.27. The summed E-state index contributed by atoms with van der Waals surface area (Å²) in [5, 5.41) is 6.01. The number of aryl methyl sites for hydroxylation is 1. The van der Waals surface area contributed by atoms with E-state index in [9.17, 15) is 4.79 Å². The van der Waals surface area contributed by atoms with Crippen LogP contribution in [0.25, 0.3) is 0 Å². The molecule has 1 N–H and O–H groups in total. The summed E-state index contributed by atoms with van der Waals surface area (Å²) in [6.45, 7) is 2.89. The third-order valence-corrected chi connectivity index (χ3v) is 4.05. The Bertz CT molecular complexity index is 687. The van der Waals surface area contributed by atoms with Crippen molar-refractivity contribution in [1.29, 1.82) is 0 Å². The van der Waals surface area contributed by atoms with Gasteiger partial charge in [-0.1, -0.05) is 11.6 Å². The first-order valence-corrected chi connectivity index (χ1v) is 7.67. The molecule has 1 aliphatic heterocycles. The van der Waals surface area contributed by atoms with Crippen molar-refractivity contribution in [3.63, 3.8) is 0 Å². The van der Waals surface area contributed by atoms with E-state index in [2.05, 4.69) is 10.3 Å². The molecule has 1 aromatic carbocycles. The zero-order valence-electron chi connectivity index (χ0n) is 11.3. The van der Waals surface area contributed by atoms with Crippen molar-refractivity contribution in [3.05, 3.63) is 33.2 Å². The van der Waals surface area contributed by atoms with Crippen molar-refractivity contribution < 1.29 is 14.3 Å². The number of halogens is 1. The lowest BCUT2D eigenvalue weighted by Crippen LogP contribution is -2.17. The van der Waals surface area contributed by atoms with E-state index in [1.54, 1.807) is 12.1 Å². The van der Waals surface area contributed by atoms with Crippen LogP contribution in [0.4, 0.5) is 5.69 Å². The lowest BCUT2D eigenvalue weighted by Gasteiger charge is -2.19. The van der Waals surface area contributed by atoms with Gasteiger partial charge in [-0.2, -0.15) is 0 Å². The van der Waals surface area contributed by atoms with Crippen molar-refractivity contribution >= 4 is 34.5 Å². The molecule has 110 valence electrons. The van der Waals surface area contributed by atoms with E-state index in [1.165, 1.54) is 11.3 Å². The van der Waals surface area contributed by atoms with E-state index in [4.69, 9.17) is 21.1 Å². The number of aromatic nitrogens is 1. The largest absolute Gasteiger partial charge is 0.486 e. The van der Waals surface area contributed by atoms with Gasteiger partial charge in [0.2, 0.25) is 5.91 Å². The van der Waals surface area contributed by atoms with Gasteiger partial charge in [-0.15, -0.1) is 11.3 Å². The molecule has 0 saturated carbocycles. The van der Waals surface area contributed by atoms with Gasteiger partial charge in [0, 0.05) is 17.5 Å². The van der Waals surface area contributed by atoms with Gasteiger partial charge in [-0.3, -0.25) is 4.79 Å². The average Bonchev–Trinajstić information content (AvgIpc) is 2.85. The summed E-state index contributed by atoms with van der Waals surface area (Å²) < 4.78 is 10.9. The fraction of sp³-hybridized carbons (Fsp3) is 0.286. The minimum atomic E-state index is -0.168. The standard InChI is InChI=1S/C14H13ClN2O3S/c1-8-16-9(7-21-8)4-14(18)17-11-6-13-12(5-10(11)15)19-2-3-20-13/h5-7H,2-4H2,1H3,(H,17,18). The maximum Gasteiger partial charge on any atom is 0.230 e. The van der Waals surface area contributed by atoms with Crippen LogP contribution in [0.15, 0.2) is 17.5 Å². The molecule has 1 aromatic heterocycles. The zero-order chi connectivity index (χ0) is 14.8. The van der Waals surface area contributed by atoms with Crippen molar-refractivity contribution in [2.75, 3.05) is 18.5 Å². The molecule has 21 heavy (non-hydrogen) atoms. The van der Waals surface area contributed by atoms with E-state index >= 15 is 0 Å². The van der Waals surface area contributed by atoms with Gasteiger partial charge in [-0.25, -0.2) is 4.98 Å². The summed E-state index contributed by atoms with van der Waals surface area (Å²) in [5.74, 6) is 1.02. The Morgan fingerprint density at radius 2 is 2.10 bits per heavy atom. The molecule has 7 heteroatoms. The van der Waals surface area contributed by atoms with Crippen LogP contribution in [-0.4, -0.2) is 24.1 Å². The fourth-order valence-electron chi connectivity index (χ4n) is 2.01. The Kier molecular flexibility index (Phi) is 3.98. The van der Waals surface area contributed by atoms with Gasteiger partial charge >= 0.3 is 0 Å². The second-order valence-electron chi connectivity index (χ2n) is 4.56. The average molecular weight is 325 g/mol. The van der Waals surface area contributed by atoms with E-state index in [-0.39, 0.29) is 12.3 Å². The third-order valence-electron chi connectivity index (χ3n) is 2.91. The van der Waals surface area contributed by atoms with Gasteiger partial charge in [0.05, 0.1) is 27.8 Å². The fourth-order valence-corrected chi connectivity index (χ4v) is 2.82. The maximum atomic E-state index is 12.0. The number of nitrogens with one attached hydrogen (secondary N) is 1. The quantitative estimate of drug-likeness (QED) is 0.942. The Morgan fingerprint density at radius 1 is 1.38 bits per heavy atom. The molecule has 2 heterocycles. The van der Waals surface area contributed by atoms with Gasteiger partial charge < -0.3 is 14.8 Å². The number of carbonyl (C=O) groups is 1. The van der Waals surface area contributed by atoms with Gasteiger partial charge in [-0.05, 0) is 6.92 Å². The van der Waals surface area contributed by atoms with Crippen LogP contribution in [0.1, 0.15) is 10.7 Å². The van der Waals surface area contributed by atoms with Crippen LogP contribution in [0.3, 0.4) is 0 Å². The third kappa shape index (κ3) is 3.28. The number of anilines is 1. The van der Waals surface area contributed by atoms with E-state index in [1.807, 2.05) is 12.3 Å². The molecule has 0 unspecified atom stereocenters. The first-order valence-electron chi connectivity index (χ1n) is 6.42. The molecule has 0 atom stereocenters. The lowest BCUT2D eigenvalue weighted by molar-refractivity contribution is -0.115. The molecule has 0 saturated heterocycles. The molecule has 5 nitrogen and oxygen atoms in total. The molecule has 0 spiro atoms. The molecule has 2 aromatic rings. The highest BCUT2D eigenvalue weighted by Gasteiger charge is 2.16. The van der Waals surface area contributed by atoms with Crippen LogP contribution in [0, 0.1) is 6.92 Å². The second-order valence-corrected chi connectivity index (χ2v) is 6.03. The van der Waals surface area contributed by atoms with Crippen LogP contribution >= 0.6 is 22.9 Å². The highest BCUT2D eigenvalue weighted by molar-refractivity contribution is 7.09. The number of hydrogen-bond acceptors (Lipinski definition) is 5. The van der Waals surface area contributed by atoms with Crippen LogP contribution in [0.2, 0.25) is 5.02 Å². The van der Waals surface area contributed by atoms with Crippen molar-refractivity contribution in [2.45, 2.75) is 13.3 Å². The molecule has 0 aliphatic carbocycles. The zero-order valence-corrected chi connectivity index (χ0v) is 12.9.